The monoisotopic (exact) mass is 390 g/mol. The van der Waals surface area contributed by atoms with Gasteiger partial charge in [-0.2, -0.15) is 0 Å². The number of ether oxygens (including phenoxy) is 2. The SMILES string of the molecule is C=C(C)C(=O)OCCOP(=O)(CCCCCC)OCCOC(=O)C(=C)C. The van der Waals surface area contributed by atoms with Crippen LogP contribution in [0.2, 0.25) is 0 Å². The summed E-state index contributed by atoms with van der Waals surface area (Å²) in [4.78, 5) is 22.6. The summed E-state index contributed by atoms with van der Waals surface area (Å²) in [6, 6.07) is 0. The van der Waals surface area contributed by atoms with Crippen LogP contribution in [0.25, 0.3) is 0 Å². The van der Waals surface area contributed by atoms with E-state index in [1.165, 1.54) is 13.8 Å². The Hall–Kier alpha value is -1.43. The second-order valence-electron chi connectivity index (χ2n) is 5.89. The Kier molecular flexibility index (Phi) is 13.0. The van der Waals surface area contributed by atoms with Gasteiger partial charge in [0.05, 0.1) is 19.4 Å². The molecule has 0 N–H and O–H groups in total. The molecule has 0 aromatic carbocycles. The first-order valence-corrected chi connectivity index (χ1v) is 10.5. The highest BCUT2D eigenvalue weighted by Gasteiger charge is 2.24. The van der Waals surface area contributed by atoms with Crippen molar-refractivity contribution in [3.05, 3.63) is 24.3 Å². The van der Waals surface area contributed by atoms with Gasteiger partial charge in [-0.25, -0.2) is 9.59 Å². The molecular formula is C18H31O7P. The predicted octanol–water partition coefficient (Wildman–Crippen LogP) is 4.03. The van der Waals surface area contributed by atoms with Gasteiger partial charge in [0.1, 0.15) is 13.2 Å². The van der Waals surface area contributed by atoms with Crippen LogP contribution in [0, 0.1) is 0 Å². The Labute approximate surface area is 156 Å². The minimum absolute atomic E-state index is 0.0430. The Bertz CT molecular complexity index is 490. The zero-order chi connectivity index (χ0) is 20.0. The van der Waals surface area contributed by atoms with Crippen LogP contribution >= 0.6 is 7.60 Å². The van der Waals surface area contributed by atoms with Crippen molar-refractivity contribution in [3.63, 3.8) is 0 Å². The van der Waals surface area contributed by atoms with Crippen LogP contribution in [-0.4, -0.2) is 44.5 Å². The fourth-order valence-electron chi connectivity index (χ4n) is 1.77. The number of carbonyl (C=O) groups is 2. The number of hydrogen-bond donors (Lipinski definition) is 0. The Morgan fingerprint density at radius 3 is 1.65 bits per heavy atom. The highest BCUT2D eigenvalue weighted by molar-refractivity contribution is 7.53. The minimum Gasteiger partial charge on any atom is -0.460 e. The highest BCUT2D eigenvalue weighted by atomic mass is 31.2. The lowest BCUT2D eigenvalue weighted by Gasteiger charge is -2.18. The van der Waals surface area contributed by atoms with Gasteiger partial charge < -0.3 is 18.5 Å². The number of carbonyl (C=O) groups excluding carboxylic acids is 2. The Morgan fingerprint density at radius 1 is 0.808 bits per heavy atom. The van der Waals surface area contributed by atoms with E-state index in [1.54, 1.807) is 0 Å². The van der Waals surface area contributed by atoms with Crippen molar-refractivity contribution in [2.45, 2.75) is 46.5 Å². The maximum absolute atomic E-state index is 12.8. The molecule has 0 unspecified atom stereocenters. The van der Waals surface area contributed by atoms with Crippen LogP contribution in [0.5, 0.6) is 0 Å². The molecule has 0 rings (SSSR count). The molecule has 150 valence electrons. The predicted molar refractivity (Wildman–Crippen MR) is 100 cm³/mol. The van der Waals surface area contributed by atoms with Crippen molar-refractivity contribution in [2.75, 3.05) is 32.6 Å². The average Bonchev–Trinajstić information content (AvgIpc) is 2.59. The van der Waals surface area contributed by atoms with Gasteiger partial charge in [-0.1, -0.05) is 39.3 Å². The molecule has 0 spiro atoms. The molecule has 0 bridgehead atoms. The zero-order valence-corrected chi connectivity index (χ0v) is 17.0. The third kappa shape index (κ3) is 12.0. The van der Waals surface area contributed by atoms with E-state index in [2.05, 4.69) is 20.1 Å². The summed E-state index contributed by atoms with van der Waals surface area (Å²) in [5, 5.41) is 0. The topological polar surface area (TPSA) is 88.1 Å². The molecule has 0 heterocycles. The number of rotatable bonds is 15. The molecule has 7 nitrogen and oxygen atoms in total. The standard InChI is InChI=1S/C18H31O7P/c1-6-7-8-9-14-26(21,24-12-10-22-17(19)15(2)3)25-13-11-23-18(20)16(4)5/h2,4,6-14H2,1,3,5H3. The van der Waals surface area contributed by atoms with E-state index in [9.17, 15) is 14.2 Å². The lowest BCUT2D eigenvalue weighted by Crippen LogP contribution is -2.14. The van der Waals surface area contributed by atoms with Crippen LogP contribution < -0.4 is 0 Å². The molecule has 0 aromatic rings. The van der Waals surface area contributed by atoms with Crippen LogP contribution in [0.1, 0.15) is 46.5 Å². The third-order valence-electron chi connectivity index (χ3n) is 3.19. The van der Waals surface area contributed by atoms with Crippen LogP contribution in [0.15, 0.2) is 24.3 Å². The molecular weight excluding hydrogens is 359 g/mol. The summed E-state index contributed by atoms with van der Waals surface area (Å²) >= 11 is 0. The fraction of sp³-hybridized carbons (Fsp3) is 0.667. The molecule has 26 heavy (non-hydrogen) atoms. The minimum atomic E-state index is -3.35. The van der Waals surface area contributed by atoms with Gasteiger partial charge in [0.15, 0.2) is 0 Å². The molecule has 0 aliphatic carbocycles. The molecule has 0 amide bonds. The first kappa shape index (κ1) is 24.6. The number of unbranched alkanes of at least 4 members (excludes halogenated alkanes) is 3. The lowest BCUT2D eigenvalue weighted by atomic mass is 10.2. The van der Waals surface area contributed by atoms with Gasteiger partial charge in [0.2, 0.25) is 0 Å². The summed E-state index contributed by atoms with van der Waals surface area (Å²) in [7, 11) is -3.35. The first-order chi connectivity index (χ1) is 12.2. The molecule has 0 aliphatic rings. The molecule has 0 aromatic heterocycles. The van der Waals surface area contributed by atoms with Crippen molar-refractivity contribution in [3.8, 4) is 0 Å². The summed E-state index contributed by atoms with van der Waals surface area (Å²) in [6.45, 7) is 11.9. The molecule has 8 heteroatoms. The van der Waals surface area contributed by atoms with E-state index in [1.807, 2.05) is 0 Å². The molecule has 0 atom stereocenters. The molecule has 0 radical (unpaired) electrons. The van der Waals surface area contributed by atoms with Gasteiger partial charge >= 0.3 is 19.5 Å². The van der Waals surface area contributed by atoms with Gasteiger partial charge in [0, 0.05) is 11.1 Å². The van der Waals surface area contributed by atoms with E-state index >= 15 is 0 Å². The molecule has 0 fully saturated rings. The van der Waals surface area contributed by atoms with E-state index in [0.29, 0.717) is 6.42 Å². The van der Waals surface area contributed by atoms with Gasteiger partial charge in [-0.3, -0.25) is 4.57 Å². The van der Waals surface area contributed by atoms with Gasteiger partial charge in [-0.15, -0.1) is 0 Å². The first-order valence-electron chi connectivity index (χ1n) is 8.75. The van der Waals surface area contributed by atoms with Crippen LogP contribution in [0.3, 0.4) is 0 Å². The molecule has 0 saturated carbocycles. The van der Waals surface area contributed by atoms with Crippen molar-refractivity contribution in [2.24, 2.45) is 0 Å². The van der Waals surface area contributed by atoms with Crippen molar-refractivity contribution in [1.29, 1.82) is 0 Å². The molecule has 0 aliphatic heterocycles. The second kappa shape index (κ2) is 13.7. The number of esters is 2. The Balaban J connectivity index is 4.38. The molecule has 0 saturated heterocycles. The van der Waals surface area contributed by atoms with Gasteiger partial charge in [0.25, 0.3) is 0 Å². The zero-order valence-electron chi connectivity index (χ0n) is 16.1. The van der Waals surface area contributed by atoms with Crippen molar-refractivity contribution < 1.29 is 32.7 Å². The van der Waals surface area contributed by atoms with Crippen LogP contribution in [-0.2, 0) is 32.7 Å². The lowest BCUT2D eigenvalue weighted by molar-refractivity contribution is -0.140. The van der Waals surface area contributed by atoms with Gasteiger partial charge in [-0.05, 0) is 20.3 Å². The smallest absolute Gasteiger partial charge is 0.333 e. The summed E-state index contributed by atoms with van der Waals surface area (Å²) in [5.41, 5.74) is 0.562. The summed E-state index contributed by atoms with van der Waals surface area (Å²) in [6.07, 6.45) is 3.97. The van der Waals surface area contributed by atoms with E-state index in [4.69, 9.17) is 18.5 Å². The summed E-state index contributed by atoms with van der Waals surface area (Å²) < 4.78 is 33.3. The maximum atomic E-state index is 12.8. The fourth-order valence-corrected chi connectivity index (χ4v) is 3.42. The normalized spacial score (nSPS) is 11.0. The van der Waals surface area contributed by atoms with Crippen molar-refractivity contribution in [1.82, 2.24) is 0 Å². The summed E-state index contributed by atoms with van der Waals surface area (Å²) in [5.74, 6) is -1.06. The third-order valence-corrected chi connectivity index (χ3v) is 5.21. The van der Waals surface area contributed by atoms with E-state index in [-0.39, 0.29) is 43.7 Å². The number of hydrogen-bond acceptors (Lipinski definition) is 7. The maximum Gasteiger partial charge on any atom is 0.333 e. The largest absolute Gasteiger partial charge is 0.460 e. The van der Waals surface area contributed by atoms with E-state index < -0.39 is 19.5 Å². The Morgan fingerprint density at radius 2 is 1.27 bits per heavy atom. The quantitative estimate of drug-likeness (QED) is 0.180. The van der Waals surface area contributed by atoms with E-state index in [0.717, 1.165) is 19.3 Å². The van der Waals surface area contributed by atoms with Crippen LogP contribution in [0.4, 0.5) is 0 Å². The second-order valence-corrected chi connectivity index (χ2v) is 8.08. The highest BCUT2D eigenvalue weighted by Crippen LogP contribution is 2.48. The van der Waals surface area contributed by atoms with Crippen molar-refractivity contribution >= 4 is 19.5 Å². The average molecular weight is 390 g/mol.